The maximum absolute atomic E-state index is 12.8. The highest BCUT2D eigenvalue weighted by Gasteiger charge is 2.30. The molecule has 2 atom stereocenters. The van der Waals surface area contributed by atoms with Crippen molar-refractivity contribution in [2.45, 2.75) is 52.1 Å². The molecule has 3 aromatic rings. The van der Waals surface area contributed by atoms with Gasteiger partial charge in [-0.25, -0.2) is 0 Å². The van der Waals surface area contributed by atoms with Crippen LogP contribution < -0.4 is 10.1 Å². The Morgan fingerprint density at radius 2 is 1.50 bits per heavy atom. The van der Waals surface area contributed by atoms with Crippen molar-refractivity contribution in [1.82, 2.24) is 5.32 Å². The number of benzene rings is 2. The molecule has 9 heteroatoms. The fourth-order valence-corrected chi connectivity index (χ4v) is 4.61. The molecular formula is C27H30F3NO4S. The zero-order chi connectivity index (χ0) is 26.5. The van der Waals surface area contributed by atoms with Crippen LogP contribution in [0.4, 0.5) is 13.2 Å². The number of carbonyl (C=O) groups is 1. The molecule has 2 aromatic carbocycles. The lowest BCUT2D eigenvalue weighted by Gasteiger charge is -2.26. The van der Waals surface area contributed by atoms with E-state index in [9.17, 15) is 23.1 Å². The Labute approximate surface area is 212 Å². The van der Waals surface area contributed by atoms with Gasteiger partial charge in [-0.1, -0.05) is 45.0 Å². The van der Waals surface area contributed by atoms with Gasteiger partial charge in [0, 0.05) is 16.3 Å². The van der Waals surface area contributed by atoms with E-state index in [1.54, 1.807) is 18.2 Å². The molecular weight excluding hydrogens is 491 g/mol. The average Bonchev–Trinajstić information content (AvgIpc) is 3.28. The Hall–Kier alpha value is -2.88. The van der Waals surface area contributed by atoms with E-state index in [0.29, 0.717) is 22.6 Å². The van der Waals surface area contributed by atoms with Crippen LogP contribution in [0.1, 0.15) is 61.3 Å². The van der Waals surface area contributed by atoms with Crippen LogP contribution in [0.15, 0.2) is 60.7 Å². The number of thiophene rings is 1. The highest BCUT2D eigenvalue weighted by Crippen LogP contribution is 2.38. The quantitative estimate of drug-likeness (QED) is 0.249. The van der Waals surface area contributed by atoms with Crippen LogP contribution in [0.5, 0.6) is 5.75 Å². The molecule has 1 aromatic heterocycles. The number of aliphatic hydroxyl groups is 1. The first-order valence-electron chi connectivity index (χ1n) is 11.5. The molecule has 0 spiro atoms. The predicted molar refractivity (Wildman–Crippen MR) is 134 cm³/mol. The van der Waals surface area contributed by atoms with Crippen molar-refractivity contribution in [3.05, 3.63) is 76.0 Å². The predicted octanol–water partition coefficient (Wildman–Crippen LogP) is 7.05. The summed E-state index contributed by atoms with van der Waals surface area (Å²) in [7, 11) is 0. The average molecular weight is 522 g/mol. The van der Waals surface area contributed by atoms with E-state index in [2.05, 4.69) is 26.1 Å². The first-order chi connectivity index (χ1) is 16.8. The summed E-state index contributed by atoms with van der Waals surface area (Å²) in [6.07, 6.45) is -5.01. The zero-order valence-electron chi connectivity index (χ0n) is 20.3. The molecule has 0 saturated heterocycles. The van der Waals surface area contributed by atoms with Crippen molar-refractivity contribution < 1.29 is 32.9 Å². The molecule has 0 amide bonds. The standard InChI is InChI=1S/C27H30F3NO4S/c1-26(2,3)16-21(22-12-13-23(36-22)25(34)31-15-14-24(32)33)35-20-10-6-18(7-11-20)17-4-8-19(9-5-17)27(28,29)30/h4-13,21,25,31,34H,14-16H2,1-3H3,(H,32,33). The number of aliphatic carboxylic acids is 1. The molecule has 0 aliphatic rings. The van der Waals surface area contributed by atoms with Crippen molar-refractivity contribution in [2.75, 3.05) is 6.54 Å². The van der Waals surface area contributed by atoms with Crippen LogP contribution in [0.25, 0.3) is 11.1 Å². The number of hydrogen-bond donors (Lipinski definition) is 3. The van der Waals surface area contributed by atoms with E-state index in [1.807, 2.05) is 18.2 Å². The van der Waals surface area contributed by atoms with Gasteiger partial charge in [0.2, 0.25) is 0 Å². The van der Waals surface area contributed by atoms with E-state index >= 15 is 0 Å². The van der Waals surface area contributed by atoms with E-state index in [1.165, 1.54) is 23.5 Å². The van der Waals surface area contributed by atoms with Gasteiger partial charge in [0.05, 0.1) is 12.0 Å². The molecule has 3 rings (SSSR count). The van der Waals surface area contributed by atoms with E-state index in [4.69, 9.17) is 9.84 Å². The minimum atomic E-state index is -4.37. The molecule has 1 heterocycles. The largest absolute Gasteiger partial charge is 0.485 e. The van der Waals surface area contributed by atoms with Gasteiger partial charge < -0.3 is 14.9 Å². The van der Waals surface area contributed by atoms with Gasteiger partial charge in [0.1, 0.15) is 18.1 Å². The third-order valence-corrected chi connectivity index (χ3v) is 6.62. The maximum Gasteiger partial charge on any atom is 0.416 e. The number of aliphatic hydroxyl groups excluding tert-OH is 1. The van der Waals surface area contributed by atoms with E-state index in [-0.39, 0.29) is 24.5 Å². The number of rotatable bonds is 10. The molecule has 0 fully saturated rings. The molecule has 0 aliphatic heterocycles. The van der Waals surface area contributed by atoms with Crippen LogP contribution in [0, 0.1) is 5.41 Å². The number of nitrogens with one attached hydrogen (secondary N) is 1. The molecule has 5 nitrogen and oxygen atoms in total. The van der Waals surface area contributed by atoms with Gasteiger partial charge in [-0.2, -0.15) is 13.2 Å². The molecule has 194 valence electrons. The van der Waals surface area contributed by atoms with Gasteiger partial charge >= 0.3 is 12.1 Å². The van der Waals surface area contributed by atoms with E-state index in [0.717, 1.165) is 22.6 Å². The Kier molecular flexibility index (Phi) is 8.81. The van der Waals surface area contributed by atoms with Gasteiger partial charge in [0.25, 0.3) is 0 Å². The maximum atomic E-state index is 12.8. The Balaban J connectivity index is 1.73. The number of alkyl halides is 3. The molecule has 0 saturated carbocycles. The molecule has 2 unspecified atom stereocenters. The van der Waals surface area contributed by atoms with Crippen LogP contribution in [-0.2, 0) is 11.0 Å². The summed E-state index contributed by atoms with van der Waals surface area (Å²) in [5.41, 5.74) is 0.715. The Morgan fingerprint density at radius 3 is 2.03 bits per heavy atom. The lowest BCUT2D eigenvalue weighted by atomic mass is 9.88. The molecule has 3 N–H and O–H groups in total. The normalized spacial score (nSPS) is 13.9. The first kappa shape index (κ1) is 27.7. The lowest BCUT2D eigenvalue weighted by molar-refractivity contribution is -0.138. The molecule has 0 radical (unpaired) electrons. The molecule has 0 bridgehead atoms. The first-order valence-corrected chi connectivity index (χ1v) is 12.3. The smallest absolute Gasteiger partial charge is 0.416 e. The summed E-state index contributed by atoms with van der Waals surface area (Å²) in [5.74, 6) is -0.320. The molecule has 36 heavy (non-hydrogen) atoms. The van der Waals surface area contributed by atoms with Crippen molar-refractivity contribution in [3.63, 3.8) is 0 Å². The number of ether oxygens (including phenoxy) is 1. The van der Waals surface area contributed by atoms with Crippen LogP contribution >= 0.6 is 11.3 Å². The number of hydrogen-bond acceptors (Lipinski definition) is 5. The van der Waals surface area contributed by atoms with Crippen molar-refractivity contribution in [1.29, 1.82) is 0 Å². The highest BCUT2D eigenvalue weighted by molar-refractivity contribution is 7.12. The third-order valence-electron chi connectivity index (χ3n) is 5.39. The number of carboxylic acid groups (broad SMARTS) is 1. The monoisotopic (exact) mass is 521 g/mol. The fraction of sp³-hybridized carbons (Fsp3) is 0.370. The fourth-order valence-electron chi connectivity index (χ4n) is 3.60. The summed E-state index contributed by atoms with van der Waals surface area (Å²) >= 11 is 1.39. The third kappa shape index (κ3) is 8.08. The second kappa shape index (κ2) is 11.5. The topological polar surface area (TPSA) is 78.8 Å². The molecule has 0 aliphatic carbocycles. The second-order valence-electron chi connectivity index (χ2n) is 9.71. The van der Waals surface area contributed by atoms with Gasteiger partial charge in [-0.15, -0.1) is 11.3 Å². The van der Waals surface area contributed by atoms with Gasteiger partial charge in [0.15, 0.2) is 0 Å². The summed E-state index contributed by atoms with van der Waals surface area (Å²) in [4.78, 5) is 12.3. The highest BCUT2D eigenvalue weighted by atomic mass is 32.1. The minimum absolute atomic E-state index is 0.0483. The number of carboxylic acids is 1. The van der Waals surface area contributed by atoms with E-state index < -0.39 is 23.9 Å². The SMILES string of the molecule is CC(C)(C)CC(Oc1ccc(-c2ccc(C(F)(F)F)cc2)cc1)c1ccc(C(O)NCCC(=O)O)s1. The van der Waals surface area contributed by atoms with Crippen molar-refractivity contribution in [3.8, 4) is 16.9 Å². The Bertz CT molecular complexity index is 1140. The summed E-state index contributed by atoms with van der Waals surface area (Å²) < 4.78 is 44.8. The minimum Gasteiger partial charge on any atom is -0.485 e. The Morgan fingerprint density at radius 1 is 0.944 bits per heavy atom. The second-order valence-corrected chi connectivity index (χ2v) is 10.9. The zero-order valence-corrected chi connectivity index (χ0v) is 21.1. The summed E-state index contributed by atoms with van der Waals surface area (Å²) in [6, 6.07) is 15.9. The van der Waals surface area contributed by atoms with Crippen LogP contribution in [-0.4, -0.2) is 22.7 Å². The van der Waals surface area contributed by atoms with Gasteiger partial charge in [-0.05, 0) is 59.4 Å². The van der Waals surface area contributed by atoms with Crippen LogP contribution in [0.3, 0.4) is 0 Å². The lowest BCUT2D eigenvalue weighted by Crippen LogP contribution is -2.23. The van der Waals surface area contributed by atoms with Crippen molar-refractivity contribution >= 4 is 17.3 Å². The van der Waals surface area contributed by atoms with Crippen molar-refractivity contribution in [2.24, 2.45) is 5.41 Å². The summed E-state index contributed by atoms with van der Waals surface area (Å²) in [6.45, 7) is 6.46. The van der Waals surface area contributed by atoms with Crippen LogP contribution in [0.2, 0.25) is 0 Å². The number of halogens is 3. The van der Waals surface area contributed by atoms with Gasteiger partial charge in [-0.3, -0.25) is 10.1 Å². The summed E-state index contributed by atoms with van der Waals surface area (Å²) in [5, 5.41) is 21.9.